The van der Waals surface area contributed by atoms with Crippen LogP contribution in [0.25, 0.3) is 0 Å². The van der Waals surface area contributed by atoms with E-state index in [1.165, 1.54) is 12.2 Å². The van der Waals surface area contributed by atoms with Gasteiger partial charge in [-0.2, -0.15) is 0 Å². The smallest absolute Gasteiger partial charge is 0.213 e. The second-order valence-electron chi connectivity index (χ2n) is 4.79. The predicted octanol–water partition coefficient (Wildman–Crippen LogP) is 2.01. The first-order valence-electron chi connectivity index (χ1n) is 5.89. The third-order valence-corrected chi connectivity index (χ3v) is 4.93. The first kappa shape index (κ1) is 13.7. The van der Waals surface area contributed by atoms with Crippen molar-refractivity contribution < 1.29 is 18.0 Å². The zero-order valence-corrected chi connectivity index (χ0v) is 11.6. The van der Waals surface area contributed by atoms with Crippen molar-refractivity contribution in [2.24, 2.45) is 0 Å². The summed E-state index contributed by atoms with van der Waals surface area (Å²) in [6, 6.07) is 0. The molecule has 19 heavy (non-hydrogen) atoms. The Labute approximate surface area is 112 Å². The summed E-state index contributed by atoms with van der Waals surface area (Å²) < 4.78 is 24.7. The number of Topliss-reactive ketones (excluding diaryl/α,β-unsaturated/α-hetero) is 2. The van der Waals surface area contributed by atoms with Gasteiger partial charge in [-0.3, -0.25) is 9.59 Å². The van der Waals surface area contributed by atoms with E-state index in [0.717, 1.165) is 11.1 Å². The Bertz CT molecular complexity index is 631. The molecule has 0 atom stereocenters. The summed E-state index contributed by atoms with van der Waals surface area (Å²) >= 11 is 0. The zero-order chi connectivity index (χ0) is 14.2. The average Bonchev–Trinajstić information content (AvgIpc) is 2.27. The maximum Gasteiger partial charge on any atom is 0.213 e. The van der Waals surface area contributed by atoms with Gasteiger partial charge in [0.25, 0.3) is 0 Å². The molecule has 0 bridgehead atoms. The highest BCUT2D eigenvalue weighted by Crippen LogP contribution is 2.28. The number of carbonyl (C=O) groups is 2. The Morgan fingerprint density at radius 3 is 1.47 bits per heavy atom. The molecular weight excluding hydrogens is 264 g/mol. The Balaban J connectivity index is 2.50. The van der Waals surface area contributed by atoms with Gasteiger partial charge in [-0.1, -0.05) is 23.3 Å². The number of sulfone groups is 1. The van der Waals surface area contributed by atoms with Crippen LogP contribution in [0.3, 0.4) is 0 Å². The molecule has 5 heteroatoms. The van der Waals surface area contributed by atoms with Crippen LogP contribution in [-0.4, -0.2) is 20.0 Å². The summed E-state index contributed by atoms with van der Waals surface area (Å²) in [5, 5.41) is 0. The molecule has 2 aliphatic carbocycles. The molecule has 0 aliphatic heterocycles. The Hall–Kier alpha value is -1.75. The summed E-state index contributed by atoms with van der Waals surface area (Å²) in [7, 11) is -4.00. The van der Waals surface area contributed by atoms with E-state index < -0.39 is 21.4 Å². The molecule has 100 valence electrons. The maximum absolute atomic E-state index is 12.3. The van der Waals surface area contributed by atoms with E-state index in [4.69, 9.17) is 0 Å². The fraction of sp³-hybridized carbons (Fsp3) is 0.286. The number of rotatable bonds is 2. The van der Waals surface area contributed by atoms with Crippen LogP contribution >= 0.6 is 0 Å². The van der Waals surface area contributed by atoms with Crippen LogP contribution in [-0.2, 0) is 19.4 Å². The van der Waals surface area contributed by atoms with E-state index in [1.807, 2.05) is 0 Å². The molecule has 0 saturated heterocycles. The fourth-order valence-corrected chi connectivity index (χ4v) is 3.49. The molecule has 0 aromatic rings. The quantitative estimate of drug-likeness (QED) is 0.774. The molecule has 2 aliphatic rings. The average molecular weight is 278 g/mol. The van der Waals surface area contributed by atoms with Gasteiger partial charge in [0.15, 0.2) is 11.6 Å². The second-order valence-corrected chi connectivity index (χ2v) is 6.68. The largest absolute Gasteiger partial charge is 0.293 e. The van der Waals surface area contributed by atoms with Crippen molar-refractivity contribution in [1.82, 2.24) is 0 Å². The maximum atomic E-state index is 12.3. The molecule has 0 aromatic carbocycles. The lowest BCUT2D eigenvalue weighted by Gasteiger charge is -2.15. The van der Waals surface area contributed by atoms with Gasteiger partial charge in [-0.05, 0) is 26.0 Å². The van der Waals surface area contributed by atoms with Crippen molar-refractivity contribution in [1.29, 1.82) is 0 Å². The van der Waals surface area contributed by atoms with Gasteiger partial charge in [-0.15, -0.1) is 0 Å². The lowest BCUT2D eigenvalue weighted by Crippen LogP contribution is -2.22. The van der Waals surface area contributed by atoms with Crippen molar-refractivity contribution in [3.8, 4) is 0 Å². The van der Waals surface area contributed by atoms with E-state index >= 15 is 0 Å². The molecule has 0 fully saturated rings. The molecule has 0 amide bonds. The molecule has 0 heterocycles. The van der Waals surface area contributed by atoms with E-state index in [-0.39, 0.29) is 22.7 Å². The first-order valence-corrected chi connectivity index (χ1v) is 7.37. The van der Waals surface area contributed by atoms with E-state index in [2.05, 4.69) is 0 Å². The van der Waals surface area contributed by atoms with Crippen molar-refractivity contribution >= 4 is 21.4 Å². The third-order valence-electron chi connectivity index (χ3n) is 3.05. The highest BCUT2D eigenvalue weighted by molar-refractivity contribution is 8.00. The van der Waals surface area contributed by atoms with Gasteiger partial charge < -0.3 is 0 Å². The lowest BCUT2D eigenvalue weighted by atomic mass is 10.1. The Morgan fingerprint density at radius 1 is 0.789 bits per heavy atom. The van der Waals surface area contributed by atoms with Crippen LogP contribution in [0.4, 0.5) is 0 Å². The van der Waals surface area contributed by atoms with Gasteiger partial charge in [0.1, 0.15) is 9.81 Å². The van der Waals surface area contributed by atoms with E-state index in [9.17, 15) is 18.0 Å². The molecule has 2 rings (SSSR count). The predicted molar refractivity (Wildman–Crippen MR) is 71.8 cm³/mol. The monoisotopic (exact) mass is 278 g/mol. The summed E-state index contributed by atoms with van der Waals surface area (Å²) in [5.41, 5.74) is 1.62. The summed E-state index contributed by atoms with van der Waals surface area (Å²) in [5.74, 6) is -0.917. The van der Waals surface area contributed by atoms with Crippen LogP contribution in [0.2, 0.25) is 0 Å². The van der Waals surface area contributed by atoms with Crippen molar-refractivity contribution in [3.05, 3.63) is 45.3 Å². The van der Waals surface area contributed by atoms with Crippen LogP contribution < -0.4 is 0 Å². The Morgan fingerprint density at radius 2 is 1.16 bits per heavy atom. The highest BCUT2D eigenvalue weighted by atomic mass is 32.2. The fourth-order valence-electron chi connectivity index (χ4n) is 2.02. The third kappa shape index (κ3) is 2.51. The van der Waals surface area contributed by atoms with Crippen LogP contribution in [0.5, 0.6) is 0 Å². The van der Waals surface area contributed by atoms with Crippen molar-refractivity contribution in [2.75, 3.05) is 0 Å². The molecule has 4 nitrogen and oxygen atoms in total. The minimum atomic E-state index is -4.00. The first-order chi connectivity index (χ1) is 8.82. The SMILES string of the molecule is CC1=CC=C(S(=O)(=O)C2=CC=C(C)CC2=O)C(=O)C1. The lowest BCUT2D eigenvalue weighted by molar-refractivity contribution is -0.114. The molecule has 0 N–H and O–H groups in total. The van der Waals surface area contributed by atoms with Gasteiger partial charge >= 0.3 is 0 Å². The zero-order valence-electron chi connectivity index (χ0n) is 10.8. The molecule has 0 aromatic heterocycles. The summed E-state index contributed by atoms with van der Waals surface area (Å²) in [6.45, 7) is 3.52. The summed E-state index contributed by atoms with van der Waals surface area (Å²) in [6.07, 6.45) is 5.95. The highest BCUT2D eigenvalue weighted by Gasteiger charge is 2.34. The number of ketones is 2. The normalized spacial score (nSPS) is 20.5. The number of allylic oxidation sites excluding steroid dienone is 8. The topological polar surface area (TPSA) is 68.3 Å². The second kappa shape index (κ2) is 4.74. The molecular formula is C14H14O4S. The minimum absolute atomic E-state index is 0.0847. The van der Waals surface area contributed by atoms with Gasteiger partial charge in [0.2, 0.25) is 9.84 Å². The number of carbonyl (C=O) groups excluding carboxylic acids is 2. The summed E-state index contributed by atoms with van der Waals surface area (Å²) in [4.78, 5) is 23.1. The van der Waals surface area contributed by atoms with Gasteiger partial charge in [-0.25, -0.2) is 8.42 Å². The van der Waals surface area contributed by atoms with Crippen LogP contribution in [0.15, 0.2) is 45.3 Å². The molecule has 0 unspecified atom stereocenters. The van der Waals surface area contributed by atoms with Crippen LogP contribution in [0.1, 0.15) is 26.7 Å². The van der Waals surface area contributed by atoms with Gasteiger partial charge in [0, 0.05) is 12.8 Å². The minimum Gasteiger partial charge on any atom is -0.293 e. The van der Waals surface area contributed by atoms with Crippen LogP contribution in [0, 0.1) is 0 Å². The van der Waals surface area contributed by atoms with E-state index in [1.54, 1.807) is 26.0 Å². The molecule has 0 saturated carbocycles. The number of hydrogen-bond acceptors (Lipinski definition) is 4. The van der Waals surface area contributed by atoms with Gasteiger partial charge in [0.05, 0.1) is 0 Å². The number of hydrogen-bond donors (Lipinski definition) is 0. The molecule has 0 spiro atoms. The van der Waals surface area contributed by atoms with Crippen molar-refractivity contribution in [2.45, 2.75) is 26.7 Å². The molecule has 0 radical (unpaired) electrons. The van der Waals surface area contributed by atoms with Crippen molar-refractivity contribution in [3.63, 3.8) is 0 Å². The standard InChI is InChI=1S/C14H14O4S/c1-9-3-5-13(11(15)7-9)19(17,18)14-6-4-10(2)8-12(14)16/h3-6H,7-8H2,1-2H3. The Kier molecular flexibility index (Phi) is 3.41. The van der Waals surface area contributed by atoms with E-state index in [0.29, 0.717) is 0 Å².